The smallest absolute Gasteiger partial charge is 0.335 e. The van der Waals surface area contributed by atoms with Crippen LogP contribution in [-0.4, -0.2) is 45.8 Å². The Morgan fingerprint density at radius 2 is 2.00 bits per heavy atom. The Hall–Kier alpha value is -4.32. The van der Waals surface area contributed by atoms with Crippen LogP contribution < -0.4 is 0 Å². The number of imidazole rings is 1. The van der Waals surface area contributed by atoms with Crippen LogP contribution in [0.5, 0.6) is 0 Å². The summed E-state index contributed by atoms with van der Waals surface area (Å²) in [6.07, 6.45) is 8.60. The second-order valence-electron chi connectivity index (χ2n) is 6.14. The highest BCUT2D eigenvalue weighted by Crippen LogP contribution is 2.14. The number of carbonyl (C=O) groups is 1. The van der Waals surface area contributed by atoms with E-state index in [9.17, 15) is 4.79 Å². The zero-order valence-corrected chi connectivity index (χ0v) is 15.2. The van der Waals surface area contributed by atoms with Crippen LogP contribution in [0.25, 0.3) is 11.4 Å². The molecule has 0 saturated carbocycles. The highest BCUT2D eigenvalue weighted by Gasteiger charge is 2.08. The van der Waals surface area contributed by atoms with Gasteiger partial charge in [0, 0.05) is 35.9 Å². The molecule has 4 rings (SSSR count). The number of carboxylic acids is 1. The number of rotatable bonds is 5. The molecule has 0 unspecified atom stereocenters. The number of hydrogen-bond acceptors (Lipinski definition) is 6. The van der Waals surface area contributed by atoms with Crippen molar-refractivity contribution >= 4 is 5.97 Å². The van der Waals surface area contributed by atoms with E-state index in [1.807, 2.05) is 16.8 Å². The van der Waals surface area contributed by atoms with E-state index in [0.29, 0.717) is 24.5 Å². The van der Waals surface area contributed by atoms with Crippen molar-refractivity contribution in [2.45, 2.75) is 13.1 Å². The van der Waals surface area contributed by atoms with Crippen LogP contribution in [-0.2, 0) is 13.1 Å². The van der Waals surface area contributed by atoms with Crippen molar-refractivity contribution in [1.82, 2.24) is 34.7 Å². The van der Waals surface area contributed by atoms with Crippen LogP contribution in [0.4, 0.5) is 0 Å². The van der Waals surface area contributed by atoms with Gasteiger partial charge in [-0.3, -0.25) is 4.98 Å². The normalized spacial score (nSPS) is 10.3. The lowest BCUT2D eigenvalue weighted by molar-refractivity contribution is 0.0697. The van der Waals surface area contributed by atoms with Crippen molar-refractivity contribution < 1.29 is 9.90 Å². The monoisotopic (exact) mass is 385 g/mol. The minimum atomic E-state index is -0.960. The first kappa shape index (κ1) is 18.1. The number of benzene rings is 1. The molecule has 0 bridgehead atoms. The van der Waals surface area contributed by atoms with E-state index < -0.39 is 5.97 Å². The second kappa shape index (κ2) is 8.14. The van der Waals surface area contributed by atoms with Gasteiger partial charge in [-0.05, 0) is 29.0 Å². The van der Waals surface area contributed by atoms with Crippen molar-refractivity contribution in [2.24, 2.45) is 0 Å². The molecule has 0 radical (unpaired) electrons. The average Bonchev–Trinajstić information content (AvgIpc) is 3.41. The third-order valence-corrected chi connectivity index (χ3v) is 4.03. The van der Waals surface area contributed by atoms with E-state index in [-0.39, 0.29) is 5.56 Å². The van der Waals surface area contributed by atoms with E-state index in [1.54, 1.807) is 49.2 Å². The van der Waals surface area contributed by atoms with Gasteiger partial charge in [-0.1, -0.05) is 24.0 Å². The van der Waals surface area contributed by atoms with Crippen LogP contribution in [0.3, 0.4) is 0 Å². The molecule has 1 N–H and O–H groups in total. The number of pyridine rings is 1. The predicted molar refractivity (Wildman–Crippen MR) is 103 cm³/mol. The van der Waals surface area contributed by atoms with Crippen molar-refractivity contribution in [3.05, 3.63) is 78.1 Å². The summed E-state index contributed by atoms with van der Waals surface area (Å²) in [5, 5.41) is 21.5. The zero-order valence-electron chi connectivity index (χ0n) is 15.2. The molecule has 0 atom stereocenters. The predicted octanol–water partition coefficient (Wildman–Crippen LogP) is 1.73. The number of carboxylic acid groups (broad SMARTS) is 1. The topological polar surface area (TPSA) is 112 Å². The highest BCUT2D eigenvalue weighted by molar-refractivity contribution is 5.87. The Morgan fingerprint density at radius 3 is 2.76 bits per heavy atom. The van der Waals surface area contributed by atoms with Gasteiger partial charge in [0.2, 0.25) is 5.82 Å². The molecule has 0 saturated heterocycles. The molecular weight excluding hydrogens is 370 g/mol. The summed E-state index contributed by atoms with van der Waals surface area (Å²) in [6, 6.07) is 8.41. The molecule has 0 spiro atoms. The lowest BCUT2D eigenvalue weighted by atomic mass is 10.1. The van der Waals surface area contributed by atoms with E-state index in [4.69, 9.17) is 5.11 Å². The van der Waals surface area contributed by atoms with E-state index in [2.05, 4.69) is 37.2 Å². The Balaban J connectivity index is 1.46. The Kier molecular flexibility index (Phi) is 5.07. The fourth-order valence-electron chi connectivity index (χ4n) is 2.59. The van der Waals surface area contributed by atoms with Crippen LogP contribution in [0.2, 0.25) is 0 Å². The summed E-state index contributed by atoms with van der Waals surface area (Å²) in [5.74, 6) is 5.61. The van der Waals surface area contributed by atoms with E-state index in [0.717, 1.165) is 11.1 Å². The standard InChI is InChI=1S/C20H15N7O2/c28-20(29)17-5-3-15(4-6-17)13-27-24-19(23-25-27)18-10-16(11-22-12-18)2-1-8-26-9-7-21-14-26/h3-7,9-12,14H,8,13H2,(H,28,29). The van der Waals surface area contributed by atoms with Crippen molar-refractivity contribution in [3.63, 3.8) is 0 Å². The quantitative estimate of drug-likeness (QED) is 0.521. The first-order valence-corrected chi connectivity index (χ1v) is 8.67. The van der Waals surface area contributed by atoms with Gasteiger partial charge in [0.15, 0.2) is 0 Å². The molecule has 9 heteroatoms. The number of aromatic carboxylic acids is 1. The van der Waals surface area contributed by atoms with Gasteiger partial charge in [0.25, 0.3) is 0 Å². The van der Waals surface area contributed by atoms with Gasteiger partial charge in [0.05, 0.1) is 25.0 Å². The maximum absolute atomic E-state index is 10.9. The minimum absolute atomic E-state index is 0.234. The van der Waals surface area contributed by atoms with Crippen LogP contribution in [0, 0.1) is 11.8 Å². The number of nitrogens with zero attached hydrogens (tertiary/aromatic N) is 7. The largest absolute Gasteiger partial charge is 0.478 e. The summed E-state index contributed by atoms with van der Waals surface area (Å²) in [6.45, 7) is 0.921. The van der Waals surface area contributed by atoms with Gasteiger partial charge >= 0.3 is 5.97 Å². The lowest BCUT2D eigenvalue weighted by Gasteiger charge is -2.00. The molecule has 9 nitrogen and oxygen atoms in total. The van der Waals surface area contributed by atoms with Crippen molar-refractivity contribution in [3.8, 4) is 23.2 Å². The van der Waals surface area contributed by atoms with Gasteiger partial charge in [0.1, 0.15) is 0 Å². The summed E-state index contributed by atoms with van der Waals surface area (Å²) < 4.78 is 1.88. The fourth-order valence-corrected chi connectivity index (χ4v) is 2.59. The van der Waals surface area contributed by atoms with Crippen LogP contribution in [0.1, 0.15) is 21.5 Å². The summed E-state index contributed by atoms with van der Waals surface area (Å²) in [5.41, 5.74) is 2.57. The van der Waals surface area contributed by atoms with Crippen molar-refractivity contribution in [2.75, 3.05) is 0 Å². The average molecular weight is 385 g/mol. The molecule has 0 aliphatic heterocycles. The molecule has 0 fully saturated rings. The summed E-state index contributed by atoms with van der Waals surface area (Å²) in [4.78, 5) is 20.5. The molecule has 142 valence electrons. The van der Waals surface area contributed by atoms with Gasteiger partial charge in [-0.2, -0.15) is 4.80 Å². The first-order chi connectivity index (χ1) is 14.2. The highest BCUT2D eigenvalue weighted by atomic mass is 16.4. The zero-order chi connectivity index (χ0) is 20.1. The molecule has 0 amide bonds. The van der Waals surface area contributed by atoms with E-state index in [1.165, 1.54) is 4.80 Å². The Bertz CT molecular complexity index is 1190. The summed E-state index contributed by atoms with van der Waals surface area (Å²) >= 11 is 0. The maximum atomic E-state index is 10.9. The number of aromatic nitrogens is 7. The fraction of sp³-hybridized carbons (Fsp3) is 0.100. The first-order valence-electron chi connectivity index (χ1n) is 8.67. The molecule has 3 heterocycles. The molecule has 3 aromatic heterocycles. The van der Waals surface area contributed by atoms with Crippen LogP contribution >= 0.6 is 0 Å². The lowest BCUT2D eigenvalue weighted by Crippen LogP contribution is -2.04. The van der Waals surface area contributed by atoms with Crippen molar-refractivity contribution in [1.29, 1.82) is 0 Å². The molecule has 4 aromatic rings. The van der Waals surface area contributed by atoms with Gasteiger partial charge < -0.3 is 9.67 Å². The summed E-state index contributed by atoms with van der Waals surface area (Å²) in [7, 11) is 0. The maximum Gasteiger partial charge on any atom is 0.335 e. The molecule has 0 aliphatic carbocycles. The molecule has 29 heavy (non-hydrogen) atoms. The minimum Gasteiger partial charge on any atom is -0.478 e. The number of hydrogen-bond donors (Lipinski definition) is 1. The third kappa shape index (κ3) is 4.51. The Morgan fingerprint density at radius 1 is 1.14 bits per heavy atom. The molecule has 0 aliphatic rings. The SMILES string of the molecule is O=C(O)c1ccc(Cn2nnc(-c3cncc(C#CCn4ccnc4)c3)n2)cc1. The van der Waals surface area contributed by atoms with Gasteiger partial charge in [-0.15, -0.1) is 10.2 Å². The van der Waals surface area contributed by atoms with Gasteiger partial charge in [-0.25, -0.2) is 9.78 Å². The molecule has 1 aromatic carbocycles. The number of tetrazole rings is 1. The Labute approximate surface area is 165 Å². The second-order valence-corrected chi connectivity index (χ2v) is 6.14. The van der Waals surface area contributed by atoms with Crippen LogP contribution in [0.15, 0.2) is 61.4 Å². The van der Waals surface area contributed by atoms with E-state index >= 15 is 0 Å². The molecular formula is C20H15N7O2. The third-order valence-electron chi connectivity index (χ3n) is 4.03.